The number of amides is 1. The van der Waals surface area contributed by atoms with Gasteiger partial charge in [0.2, 0.25) is 0 Å². The second-order valence-electron chi connectivity index (χ2n) is 7.88. The molecule has 1 heterocycles. The average Bonchev–Trinajstić information content (AvgIpc) is 2.77. The van der Waals surface area contributed by atoms with Gasteiger partial charge < -0.3 is 15.4 Å². The molecule has 1 aliphatic heterocycles. The number of ether oxygens (including phenoxy) is 1. The van der Waals surface area contributed by atoms with Crippen molar-refractivity contribution < 1.29 is 9.53 Å². The Morgan fingerprint density at radius 3 is 2.42 bits per heavy atom. The SMILES string of the molecule is CC(C)(C)OC(=O)N1C[C@@]2(CC[C@H]1CN)CC2(C)C. The molecule has 2 N–H and O–H groups in total. The highest BCUT2D eigenvalue weighted by molar-refractivity contribution is 5.69. The van der Waals surface area contributed by atoms with E-state index in [1.165, 1.54) is 12.8 Å². The van der Waals surface area contributed by atoms with E-state index in [1.54, 1.807) is 0 Å². The molecule has 1 aliphatic carbocycles. The van der Waals surface area contributed by atoms with Gasteiger partial charge in [-0.15, -0.1) is 0 Å². The smallest absolute Gasteiger partial charge is 0.410 e. The molecule has 19 heavy (non-hydrogen) atoms. The van der Waals surface area contributed by atoms with Gasteiger partial charge in [0.1, 0.15) is 5.60 Å². The Balaban J connectivity index is 2.09. The predicted octanol–water partition coefficient (Wildman–Crippen LogP) is 2.76. The van der Waals surface area contributed by atoms with E-state index in [1.807, 2.05) is 25.7 Å². The lowest BCUT2D eigenvalue weighted by molar-refractivity contribution is -0.00170. The van der Waals surface area contributed by atoms with Crippen LogP contribution in [0.2, 0.25) is 0 Å². The number of likely N-dealkylation sites (tertiary alicyclic amines) is 1. The van der Waals surface area contributed by atoms with E-state index in [2.05, 4.69) is 13.8 Å². The molecule has 2 fully saturated rings. The number of nitrogens with zero attached hydrogens (tertiary/aromatic N) is 1. The summed E-state index contributed by atoms with van der Waals surface area (Å²) in [5.41, 5.74) is 6.03. The summed E-state index contributed by atoms with van der Waals surface area (Å²) in [6.45, 7) is 11.6. The zero-order valence-corrected chi connectivity index (χ0v) is 13.0. The Morgan fingerprint density at radius 1 is 1.42 bits per heavy atom. The van der Waals surface area contributed by atoms with Crippen LogP contribution in [0.4, 0.5) is 4.79 Å². The first kappa shape index (κ1) is 14.6. The van der Waals surface area contributed by atoms with Crippen molar-refractivity contribution in [3.8, 4) is 0 Å². The third kappa shape index (κ3) is 2.73. The van der Waals surface area contributed by atoms with Gasteiger partial charge in [0.25, 0.3) is 0 Å². The first-order valence-corrected chi connectivity index (χ1v) is 7.30. The van der Waals surface area contributed by atoms with Crippen molar-refractivity contribution >= 4 is 6.09 Å². The largest absolute Gasteiger partial charge is 0.444 e. The maximum absolute atomic E-state index is 12.4. The molecule has 1 amide bonds. The molecule has 0 radical (unpaired) electrons. The summed E-state index contributed by atoms with van der Waals surface area (Å²) in [6, 6.07) is 0.136. The highest BCUT2D eigenvalue weighted by Crippen LogP contribution is 2.67. The first-order valence-electron chi connectivity index (χ1n) is 7.30. The van der Waals surface area contributed by atoms with E-state index in [9.17, 15) is 4.79 Å². The minimum atomic E-state index is -0.445. The van der Waals surface area contributed by atoms with Gasteiger partial charge in [-0.2, -0.15) is 0 Å². The van der Waals surface area contributed by atoms with Crippen LogP contribution in [-0.4, -0.2) is 35.7 Å². The summed E-state index contributed by atoms with van der Waals surface area (Å²) < 4.78 is 5.53. The molecule has 0 aromatic heterocycles. The average molecular weight is 268 g/mol. The molecule has 2 atom stereocenters. The van der Waals surface area contributed by atoms with Gasteiger partial charge in [0, 0.05) is 19.1 Å². The van der Waals surface area contributed by atoms with Crippen molar-refractivity contribution in [1.29, 1.82) is 0 Å². The molecule has 0 bridgehead atoms. The topological polar surface area (TPSA) is 55.6 Å². The summed E-state index contributed by atoms with van der Waals surface area (Å²) in [5, 5.41) is 0. The zero-order valence-electron chi connectivity index (χ0n) is 13.0. The van der Waals surface area contributed by atoms with Crippen LogP contribution in [0.5, 0.6) is 0 Å². The van der Waals surface area contributed by atoms with Crippen molar-refractivity contribution in [2.45, 2.75) is 65.5 Å². The van der Waals surface area contributed by atoms with Crippen LogP contribution in [0.3, 0.4) is 0 Å². The van der Waals surface area contributed by atoms with Crippen molar-refractivity contribution in [3.63, 3.8) is 0 Å². The minimum absolute atomic E-state index is 0.136. The Morgan fingerprint density at radius 2 is 2.00 bits per heavy atom. The lowest BCUT2D eigenvalue weighted by Gasteiger charge is -2.41. The molecule has 110 valence electrons. The van der Waals surface area contributed by atoms with Crippen LogP contribution in [0.15, 0.2) is 0 Å². The first-order chi connectivity index (χ1) is 8.60. The van der Waals surface area contributed by atoms with Gasteiger partial charge in [0.05, 0.1) is 0 Å². The maximum atomic E-state index is 12.4. The Kier molecular flexibility index (Phi) is 3.37. The van der Waals surface area contributed by atoms with Crippen molar-refractivity contribution in [2.24, 2.45) is 16.6 Å². The van der Waals surface area contributed by atoms with Gasteiger partial charge in [-0.3, -0.25) is 0 Å². The van der Waals surface area contributed by atoms with Crippen LogP contribution in [0, 0.1) is 10.8 Å². The number of nitrogens with two attached hydrogens (primary N) is 1. The van der Waals surface area contributed by atoms with Crippen LogP contribution in [-0.2, 0) is 4.74 Å². The number of carbonyl (C=O) groups is 1. The second kappa shape index (κ2) is 4.37. The van der Waals surface area contributed by atoms with Crippen molar-refractivity contribution in [2.75, 3.05) is 13.1 Å². The number of rotatable bonds is 1. The highest BCUT2D eigenvalue weighted by atomic mass is 16.6. The molecule has 1 saturated carbocycles. The van der Waals surface area contributed by atoms with Gasteiger partial charge in [-0.25, -0.2) is 4.79 Å². The molecule has 2 aliphatic rings. The van der Waals surface area contributed by atoms with E-state index in [0.29, 0.717) is 17.4 Å². The van der Waals surface area contributed by atoms with Crippen LogP contribution in [0.25, 0.3) is 0 Å². The summed E-state index contributed by atoms with van der Waals surface area (Å²) in [6.07, 6.45) is 3.18. The number of carbonyl (C=O) groups excluding carboxylic acids is 1. The molecular formula is C15H28N2O2. The number of hydrogen-bond donors (Lipinski definition) is 1. The second-order valence-corrected chi connectivity index (χ2v) is 7.88. The van der Waals surface area contributed by atoms with E-state index >= 15 is 0 Å². The molecular weight excluding hydrogens is 240 g/mol. The van der Waals surface area contributed by atoms with E-state index in [4.69, 9.17) is 10.5 Å². The van der Waals surface area contributed by atoms with Crippen molar-refractivity contribution in [3.05, 3.63) is 0 Å². The minimum Gasteiger partial charge on any atom is -0.444 e. The molecule has 1 saturated heterocycles. The van der Waals surface area contributed by atoms with E-state index in [-0.39, 0.29) is 12.1 Å². The fourth-order valence-electron chi connectivity index (χ4n) is 3.41. The van der Waals surface area contributed by atoms with Crippen molar-refractivity contribution in [1.82, 2.24) is 4.90 Å². The van der Waals surface area contributed by atoms with E-state index < -0.39 is 5.60 Å². The zero-order chi connectivity index (χ0) is 14.5. The normalized spacial score (nSPS) is 33.4. The number of hydrogen-bond acceptors (Lipinski definition) is 3. The van der Waals surface area contributed by atoms with Gasteiger partial charge in [-0.05, 0) is 50.9 Å². The summed E-state index contributed by atoms with van der Waals surface area (Å²) >= 11 is 0. The highest BCUT2D eigenvalue weighted by Gasteiger charge is 2.63. The molecule has 2 rings (SSSR count). The molecule has 0 aromatic rings. The third-order valence-electron chi connectivity index (χ3n) is 4.86. The van der Waals surface area contributed by atoms with Gasteiger partial charge in [0.15, 0.2) is 0 Å². The Hall–Kier alpha value is -0.770. The Bertz CT molecular complexity index is 373. The fraction of sp³-hybridized carbons (Fsp3) is 0.933. The van der Waals surface area contributed by atoms with Crippen LogP contribution < -0.4 is 5.73 Å². The summed E-state index contributed by atoms with van der Waals surface area (Å²) in [4.78, 5) is 14.2. The predicted molar refractivity (Wildman–Crippen MR) is 75.8 cm³/mol. The lowest BCUT2D eigenvalue weighted by Crippen LogP contribution is -2.52. The molecule has 0 unspecified atom stereocenters. The molecule has 4 heteroatoms. The van der Waals surface area contributed by atoms with Crippen LogP contribution in [0.1, 0.15) is 53.9 Å². The lowest BCUT2D eigenvalue weighted by atomic mass is 9.84. The molecule has 1 spiro atoms. The Labute approximate surface area is 116 Å². The van der Waals surface area contributed by atoms with Crippen LogP contribution >= 0.6 is 0 Å². The third-order valence-corrected chi connectivity index (χ3v) is 4.86. The fourth-order valence-corrected chi connectivity index (χ4v) is 3.41. The molecule has 0 aromatic carbocycles. The number of piperidine rings is 1. The van der Waals surface area contributed by atoms with Gasteiger partial charge in [-0.1, -0.05) is 13.8 Å². The quantitative estimate of drug-likeness (QED) is 0.795. The van der Waals surface area contributed by atoms with E-state index in [0.717, 1.165) is 13.0 Å². The summed E-state index contributed by atoms with van der Waals surface area (Å²) in [5.74, 6) is 0. The summed E-state index contributed by atoms with van der Waals surface area (Å²) in [7, 11) is 0. The maximum Gasteiger partial charge on any atom is 0.410 e. The molecule has 4 nitrogen and oxygen atoms in total. The monoisotopic (exact) mass is 268 g/mol. The standard InChI is InChI=1S/C15H28N2O2/c1-13(2,3)19-12(18)17-10-15(9-14(15,4)5)7-6-11(17)8-16/h11H,6-10,16H2,1-5H3/t11-,15+/m0/s1. The van der Waals surface area contributed by atoms with Gasteiger partial charge >= 0.3 is 6.09 Å².